The van der Waals surface area contributed by atoms with Crippen LogP contribution in [0, 0.1) is 5.92 Å². The van der Waals surface area contributed by atoms with Crippen molar-refractivity contribution in [3.05, 3.63) is 84.4 Å². The van der Waals surface area contributed by atoms with Crippen LogP contribution in [-0.4, -0.2) is 65.0 Å². The van der Waals surface area contributed by atoms with Gasteiger partial charge < -0.3 is 19.7 Å². The van der Waals surface area contributed by atoms with Gasteiger partial charge in [0.1, 0.15) is 24.1 Å². The average Bonchev–Trinajstić information content (AvgIpc) is 2.99. The van der Waals surface area contributed by atoms with E-state index in [-0.39, 0.29) is 34.7 Å². The van der Waals surface area contributed by atoms with E-state index < -0.39 is 28.5 Å². The van der Waals surface area contributed by atoms with Crippen LogP contribution in [-0.2, 0) is 26.0 Å². The molecule has 0 aliphatic carbocycles. The fraction of sp³-hybridized carbons (Fsp3) is 0.355. The van der Waals surface area contributed by atoms with Crippen LogP contribution in [0.5, 0.6) is 11.5 Å². The summed E-state index contributed by atoms with van der Waals surface area (Å²) in [4.78, 5) is 28.6. The Hall–Kier alpha value is -4.05. The molecule has 3 aromatic rings. The van der Waals surface area contributed by atoms with Gasteiger partial charge >= 0.3 is 0 Å². The van der Waals surface area contributed by atoms with E-state index in [4.69, 9.17) is 9.47 Å². The number of carbonyl (C=O) groups excluding carboxylic acids is 2. The highest BCUT2D eigenvalue weighted by Crippen LogP contribution is 2.35. The number of sulfonamides is 1. The second kappa shape index (κ2) is 14.5. The smallest absolute Gasteiger partial charge is 0.264 e. The van der Waals surface area contributed by atoms with Crippen molar-refractivity contribution in [2.45, 2.75) is 38.1 Å². The number of hydrogen-bond donors (Lipinski definition) is 1. The van der Waals surface area contributed by atoms with E-state index in [1.165, 1.54) is 37.3 Å². The minimum atomic E-state index is -4.23. The van der Waals surface area contributed by atoms with Crippen LogP contribution in [0.3, 0.4) is 0 Å². The fourth-order valence-electron chi connectivity index (χ4n) is 4.25. The second-order valence-corrected chi connectivity index (χ2v) is 11.9. The molecular formula is C31H39N3O6S. The molecule has 3 aromatic carbocycles. The average molecular weight is 582 g/mol. The lowest BCUT2D eigenvalue weighted by Gasteiger charge is -2.32. The zero-order chi connectivity index (χ0) is 30.0. The maximum Gasteiger partial charge on any atom is 0.264 e. The Balaban J connectivity index is 2.04. The van der Waals surface area contributed by atoms with Crippen LogP contribution in [0.4, 0.5) is 5.69 Å². The molecule has 9 nitrogen and oxygen atoms in total. The standard InChI is InChI=1S/C31H39N3O6S/c1-23(2)21-32-31(36)24(3)33(19-18-25-12-8-6-9-13-25)30(35)22-34(41(37,38)27-14-10-7-11-15-27)28-20-26(39-4)16-17-29(28)40-5/h6-17,20,23-24H,18-19,21-22H2,1-5H3,(H,32,36)/t24-/m0/s1. The molecule has 220 valence electrons. The predicted molar refractivity (Wildman–Crippen MR) is 160 cm³/mol. The van der Waals surface area contributed by atoms with Crippen LogP contribution in [0.25, 0.3) is 0 Å². The fourth-order valence-corrected chi connectivity index (χ4v) is 5.68. The molecule has 3 rings (SSSR count). The van der Waals surface area contributed by atoms with Gasteiger partial charge in [0.2, 0.25) is 11.8 Å². The molecule has 0 unspecified atom stereocenters. The number of ether oxygens (including phenoxy) is 2. The third kappa shape index (κ3) is 8.23. The van der Waals surface area contributed by atoms with E-state index >= 15 is 0 Å². The molecule has 1 atom stereocenters. The molecule has 0 aliphatic rings. The van der Waals surface area contributed by atoms with Gasteiger partial charge in [-0.15, -0.1) is 0 Å². The molecule has 10 heteroatoms. The Bertz CT molecular complexity index is 1400. The first kappa shape index (κ1) is 31.5. The number of amides is 2. The number of nitrogens with zero attached hydrogens (tertiary/aromatic N) is 2. The number of benzene rings is 3. The van der Waals surface area contributed by atoms with Crippen molar-refractivity contribution in [3.8, 4) is 11.5 Å². The molecule has 0 bridgehead atoms. The Labute approximate surface area is 243 Å². The highest BCUT2D eigenvalue weighted by molar-refractivity contribution is 7.92. The summed E-state index contributed by atoms with van der Waals surface area (Å²) in [6, 6.07) is 21.4. The minimum absolute atomic E-state index is 0.0104. The van der Waals surface area contributed by atoms with Crippen molar-refractivity contribution >= 4 is 27.5 Å². The van der Waals surface area contributed by atoms with E-state index in [0.29, 0.717) is 18.7 Å². The van der Waals surface area contributed by atoms with Gasteiger partial charge in [0, 0.05) is 19.2 Å². The van der Waals surface area contributed by atoms with Crippen LogP contribution in [0.15, 0.2) is 83.8 Å². The molecular weight excluding hydrogens is 542 g/mol. The van der Waals surface area contributed by atoms with Crippen molar-refractivity contribution in [1.29, 1.82) is 0 Å². The lowest BCUT2D eigenvalue weighted by molar-refractivity contribution is -0.138. The summed E-state index contributed by atoms with van der Waals surface area (Å²) in [7, 11) is -1.33. The van der Waals surface area contributed by atoms with E-state index in [1.54, 1.807) is 37.3 Å². The van der Waals surface area contributed by atoms with Gasteiger partial charge in [-0.25, -0.2) is 8.42 Å². The molecule has 0 heterocycles. The second-order valence-electron chi connectivity index (χ2n) is 10.0. The van der Waals surface area contributed by atoms with Gasteiger partial charge in [0.25, 0.3) is 10.0 Å². The SMILES string of the molecule is COc1ccc(OC)c(N(CC(=O)N(CCc2ccccc2)[C@@H](C)C(=O)NCC(C)C)S(=O)(=O)c2ccccc2)c1. The van der Waals surface area contributed by atoms with Crippen LogP contribution in [0.2, 0.25) is 0 Å². The number of carbonyl (C=O) groups is 2. The van der Waals surface area contributed by atoms with E-state index in [1.807, 2.05) is 44.2 Å². The summed E-state index contributed by atoms with van der Waals surface area (Å²) in [5.41, 5.74) is 1.13. The molecule has 41 heavy (non-hydrogen) atoms. The van der Waals surface area contributed by atoms with Crippen LogP contribution in [0.1, 0.15) is 26.3 Å². The summed E-state index contributed by atoms with van der Waals surface area (Å²) in [6.45, 7) is 5.74. The van der Waals surface area contributed by atoms with Gasteiger partial charge in [-0.2, -0.15) is 0 Å². The molecule has 2 amide bonds. The Morgan fingerprint density at radius 2 is 1.51 bits per heavy atom. The molecule has 0 radical (unpaired) electrons. The maximum atomic E-state index is 14.0. The van der Waals surface area contributed by atoms with Crippen molar-refractivity contribution in [2.24, 2.45) is 5.92 Å². The number of methoxy groups -OCH3 is 2. The monoisotopic (exact) mass is 581 g/mol. The largest absolute Gasteiger partial charge is 0.497 e. The summed E-state index contributed by atoms with van der Waals surface area (Å²) in [6.07, 6.45) is 0.488. The molecule has 0 saturated carbocycles. The Morgan fingerprint density at radius 1 is 0.878 bits per heavy atom. The topological polar surface area (TPSA) is 105 Å². The van der Waals surface area contributed by atoms with E-state index in [9.17, 15) is 18.0 Å². The quantitative estimate of drug-likeness (QED) is 0.307. The zero-order valence-corrected chi connectivity index (χ0v) is 25.1. The van der Waals surface area contributed by atoms with Crippen molar-refractivity contribution in [3.63, 3.8) is 0 Å². The van der Waals surface area contributed by atoms with Crippen molar-refractivity contribution in [2.75, 3.05) is 38.2 Å². The van der Waals surface area contributed by atoms with E-state index in [2.05, 4.69) is 5.32 Å². The number of hydrogen-bond acceptors (Lipinski definition) is 6. The Kier molecular flexibility index (Phi) is 11.2. The first-order chi connectivity index (χ1) is 19.6. The molecule has 0 spiro atoms. The number of rotatable bonds is 14. The summed E-state index contributed by atoms with van der Waals surface area (Å²) in [5.74, 6) is 0.0289. The zero-order valence-electron chi connectivity index (χ0n) is 24.2. The number of anilines is 1. The normalized spacial score (nSPS) is 12.0. The third-order valence-corrected chi connectivity index (χ3v) is 8.37. The summed E-state index contributed by atoms with van der Waals surface area (Å²) < 4.78 is 39.9. The summed E-state index contributed by atoms with van der Waals surface area (Å²) >= 11 is 0. The van der Waals surface area contributed by atoms with Gasteiger partial charge in [0.15, 0.2) is 0 Å². The highest BCUT2D eigenvalue weighted by Gasteiger charge is 2.33. The highest BCUT2D eigenvalue weighted by atomic mass is 32.2. The molecule has 0 fully saturated rings. The number of nitrogens with one attached hydrogen (secondary N) is 1. The lowest BCUT2D eigenvalue weighted by Crippen LogP contribution is -2.52. The van der Waals surface area contributed by atoms with E-state index in [0.717, 1.165) is 9.87 Å². The molecule has 1 N–H and O–H groups in total. The Morgan fingerprint density at radius 3 is 2.10 bits per heavy atom. The summed E-state index contributed by atoms with van der Waals surface area (Å²) in [5, 5.41) is 2.89. The van der Waals surface area contributed by atoms with Gasteiger partial charge in [-0.05, 0) is 49.1 Å². The van der Waals surface area contributed by atoms with Crippen molar-refractivity contribution in [1.82, 2.24) is 10.2 Å². The first-order valence-corrected chi connectivity index (χ1v) is 14.9. The molecule has 0 aromatic heterocycles. The molecule has 0 saturated heterocycles. The minimum Gasteiger partial charge on any atom is -0.497 e. The predicted octanol–water partition coefficient (Wildman–Crippen LogP) is 4.13. The maximum absolute atomic E-state index is 14.0. The first-order valence-electron chi connectivity index (χ1n) is 13.5. The van der Waals surface area contributed by atoms with Crippen LogP contribution < -0.4 is 19.1 Å². The van der Waals surface area contributed by atoms with Crippen molar-refractivity contribution < 1.29 is 27.5 Å². The lowest BCUT2D eigenvalue weighted by atomic mass is 10.1. The third-order valence-electron chi connectivity index (χ3n) is 6.60. The van der Waals surface area contributed by atoms with Gasteiger partial charge in [-0.1, -0.05) is 62.4 Å². The van der Waals surface area contributed by atoms with Crippen LogP contribution >= 0.6 is 0 Å². The van der Waals surface area contributed by atoms with Gasteiger partial charge in [0.05, 0.1) is 24.8 Å². The molecule has 0 aliphatic heterocycles. The van der Waals surface area contributed by atoms with Gasteiger partial charge in [-0.3, -0.25) is 13.9 Å².